The van der Waals surface area contributed by atoms with Gasteiger partial charge in [0.1, 0.15) is 11.9 Å². The van der Waals surface area contributed by atoms with E-state index in [-0.39, 0.29) is 11.1 Å². The Hall–Kier alpha value is -4.15. The summed E-state index contributed by atoms with van der Waals surface area (Å²) < 4.78 is 5.89. The fourth-order valence-corrected chi connectivity index (χ4v) is 4.81. The number of allylic oxidation sites excluding steroid dienone is 1. The molecule has 1 fully saturated rings. The number of carbonyl (C=O) groups excluding carboxylic acids is 3. The number of fused-ring (bicyclic) bond motifs is 1. The monoisotopic (exact) mass is 576 g/mol. The summed E-state index contributed by atoms with van der Waals surface area (Å²) in [6.07, 6.45) is 7.09. The molecule has 0 bridgehead atoms. The number of nitrogens with one attached hydrogen (secondary N) is 5. The minimum atomic E-state index is -0.524. The lowest BCUT2D eigenvalue weighted by Crippen LogP contribution is -2.30. The minimum Gasteiger partial charge on any atom is -0.493 e. The molecule has 0 aromatic heterocycles. The molecule has 0 radical (unpaired) electrons. The largest absolute Gasteiger partial charge is 0.493 e. The quantitative estimate of drug-likeness (QED) is 0.105. The van der Waals surface area contributed by atoms with Crippen molar-refractivity contribution in [1.82, 2.24) is 20.9 Å². The number of nitrogens with zero attached hydrogens (tertiary/aromatic N) is 1. The highest BCUT2D eigenvalue weighted by Crippen LogP contribution is 2.33. The average molecular weight is 577 g/mol. The van der Waals surface area contributed by atoms with Crippen LogP contribution in [0, 0.1) is 13.8 Å². The van der Waals surface area contributed by atoms with Crippen molar-refractivity contribution in [3.8, 4) is 5.75 Å². The number of benzene rings is 2. The first-order valence-electron chi connectivity index (χ1n) is 14.3. The second-order valence-corrected chi connectivity index (χ2v) is 10.6. The first-order valence-corrected chi connectivity index (χ1v) is 14.3. The van der Waals surface area contributed by atoms with Gasteiger partial charge in [-0.3, -0.25) is 14.4 Å². The van der Waals surface area contributed by atoms with E-state index in [4.69, 9.17) is 4.74 Å². The van der Waals surface area contributed by atoms with Crippen LogP contribution in [0.15, 0.2) is 53.9 Å². The molecule has 4 rings (SSSR count). The highest BCUT2D eigenvalue weighted by molar-refractivity contribution is 5.96. The number of hydrogen-bond donors (Lipinski definition) is 5. The second kappa shape index (κ2) is 16.3. The van der Waals surface area contributed by atoms with Crippen LogP contribution in [0.2, 0.25) is 0 Å². The fourth-order valence-electron chi connectivity index (χ4n) is 4.81. The normalized spacial score (nSPS) is 16.5. The van der Waals surface area contributed by atoms with Crippen LogP contribution in [0.5, 0.6) is 5.75 Å². The third kappa shape index (κ3) is 8.92. The number of likely N-dealkylation sites (N-methyl/N-ethyl adjacent to an activating group) is 1. The van der Waals surface area contributed by atoms with Gasteiger partial charge in [0.25, 0.3) is 0 Å². The molecule has 0 aliphatic carbocycles. The van der Waals surface area contributed by atoms with Crippen molar-refractivity contribution >= 4 is 30.2 Å². The fraction of sp³-hybridized carbons (Fsp3) is 0.406. The lowest BCUT2D eigenvalue weighted by molar-refractivity contribution is -0.105. The molecule has 0 spiro atoms. The minimum absolute atomic E-state index is 0.289. The van der Waals surface area contributed by atoms with E-state index in [1.165, 1.54) is 25.1 Å². The summed E-state index contributed by atoms with van der Waals surface area (Å²) in [5, 5.41) is 16.0. The molecule has 226 valence electrons. The van der Waals surface area contributed by atoms with Gasteiger partial charge in [-0.25, -0.2) is 0 Å². The van der Waals surface area contributed by atoms with Gasteiger partial charge in [-0.05, 0) is 83.4 Å². The van der Waals surface area contributed by atoms with Gasteiger partial charge in [-0.1, -0.05) is 17.7 Å². The van der Waals surface area contributed by atoms with Gasteiger partial charge in [0.2, 0.25) is 0 Å². The van der Waals surface area contributed by atoms with Crippen molar-refractivity contribution in [1.29, 1.82) is 0 Å². The second-order valence-electron chi connectivity index (χ2n) is 10.6. The molecule has 10 nitrogen and oxygen atoms in total. The first-order chi connectivity index (χ1) is 20.3. The van der Waals surface area contributed by atoms with Gasteiger partial charge in [0.05, 0.1) is 23.6 Å². The number of carbonyl (C=O) groups is 3. The zero-order chi connectivity index (χ0) is 30.5. The summed E-state index contributed by atoms with van der Waals surface area (Å²) in [5.41, 5.74) is 5.27. The Morgan fingerprint density at radius 2 is 1.74 bits per heavy atom. The van der Waals surface area contributed by atoms with Gasteiger partial charge in [0, 0.05) is 43.0 Å². The van der Waals surface area contributed by atoms with Crippen LogP contribution >= 0.6 is 0 Å². The number of aldehydes is 3. The van der Waals surface area contributed by atoms with Crippen LogP contribution < -0.4 is 31.3 Å². The highest BCUT2D eigenvalue weighted by atomic mass is 16.5. The van der Waals surface area contributed by atoms with Gasteiger partial charge in [0.15, 0.2) is 18.9 Å². The van der Waals surface area contributed by atoms with E-state index >= 15 is 0 Å². The molecule has 0 saturated carbocycles. The molecule has 1 saturated heterocycles. The van der Waals surface area contributed by atoms with Crippen LogP contribution in [-0.4, -0.2) is 83.4 Å². The Balaban J connectivity index is 0.000000521. The molecular formula is C32H44N6O4. The summed E-state index contributed by atoms with van der Waals surface area (Å²) >= 11 is 0. The van der Waals surface area contributed by atoms with Gasteiger partial charge in [-0.2, -0.15) is 0 Å². The van der Waals surface area contributed by atoms with Crippen LogP contribution in [0.25, 0.3) is 0 Å². The van der Waals surface area contributed by atoms with Crippen molar-refractivity contribution in [2.75, 3.05) is 58.0 Å². The van der Waals surface area contributed by atoms with E-state index in [2.05, 4.69) is 51.6 Å². The van der Waals surface area contributed by atoms with Gasteiger partial charge >= 0.3 is 0 Å². The molecule has 10 heteroatoms. The number of ether oxygens (including phenoxy) is 1. The molecular weight excluding hydrogens is 532 g/mol. The molecule has 2 aromatic rings. The predicted molar refractivity (Wildman–Crippen MR) is 169 cm³/mol. The van der Waals surface area contributed by atoms with E-state index in [9.17, 15) is 14.4 Å². The highest BCUT2D eigenvalue weighted by Gasteiger charge is 2.26. The topological polar surface area (TPSA) is 124 Å². The standard InChI is InChI=1S/C26H30N4O4.C6H14N2/c1-17-5-6-25(18(2)11-17)34-10-4-8-28-22(7-9-27-3)21(16-33)26-29-23-12-19(14-31)20(15-32)13-24(23)30-26;1-8(2)6-3-4-7-5-6/h5-7,9,11-16,26-30H,4,8,10H2,1-3H3;6-7H,3-5H2,1-2H3/b9-7-,22-21-;. The van der Waals surface area contributed by atoms with E-state index < -0.39 is 6.17 Å². The Morgan fingerprint density at radius 3 is 2.24 bits per heavy atom. The number of anilines is 2. The van der Waals surface area contributed by atoms with Gasteiger partial charge < -0.3 is 36.2 Å². The maximum atomic E-state index is 12.1. The van der Waals surface area contributed by atoms with E-state index in [0.29, 0.717) is 48.4 Å². The van der Waals surface area contributed by atoms with Crippen LogP contribution in [-0.2, 0) is 4.79 Å². The maximum Gasteiger partial charge on any atom is 0.152 e. The molecule has 1 unspecified atom stereocenters. The number of rotatable bonds is 13. The first kappa shape index (κ1) is 32.4. The molecule has 42 heavy (non-hydrogen) atoms. The van der Waals surface area contributed by atoms with E-state index in [0.717, 1.165) is 30.1 Å². The molecule has 5 N–H and O–H groups in total. The lowest BCUT2D eigenvalue weighted by Gasteiger charge is -2.17. The Morgan fingerprint density at radius 1 is 1.05 bits per heavy atom. The molecule has 2 aliphatic rings. The molecule has 0 amide bonds. The van der Waals surface area contributed by atoms with Crippen LogP contribution in [0.3, 0.4) is 0 Å². The predicted octanol–water partition coefficient (Wildman–Crippen LogP) is 3.25. The Kier molecular flexibility index (Phi) is 12.6. The summed E-state index contributed by atoms with van der Waals surface area (Å²) in [4.78, 5) is 36.9. The van der Waals surface area contributed by atoms with Crippen LogP contribution in [0.4, 0.5) is 11.4 Å². The van der Waals surface area contributed by atoms with E-state index in [1.54, 1.807) is 31.5 Å². The maximum absolute atomic E-state index is 12.1. The summed E-state index contributed by atoms with van der Waals surface area (Å²) in [6.45, 7) is 7.57. The summed E-state index contributed by atoms with van der Waals surface area (Å²) in [5.74, 6) is 0.867. The number of hydrogen-bond acceptors (Lipinski definition) is 10. The Labute approximate surface area is 249 Å². The van der Waals surface area contributed by atoms with Crippen molar-refractivity contribution in [2.24, 2.45) is 0 Å². The zero-order valence-corrected chi connectivity index (χ0v) is 25.3. The number of aryl methyl sites for hydroxylation is 2. The molecule has 2 aromatic carbocycles. The molecule has 2 heterocycles. The van der Waals surface area contributed by atoms with Crippen LogP contribution in [0.1, 0.15) is 44.7 Å². The van der Waals surface area contributed by atoms with Gasteiger partial charge in [-0.15, -0.1) is 0 Å². The van der Waals surface area contributed by atoms with Crippen molar-refractivity contribution < 1.29 is 19.1 Å². The van der Waals surface area contributed by atoms with Crippen molar-refractivity contribution in [3.05, 3.63) is 76.1 Å². The average Bonchev–Trinajstić information content (AvgIpc) is 3.67. The summed E-state index contributed by atoms with van der Waals surface area (Å²) in [7, 11) is 6.05. The summed E-state index contributed by atoms with van der Waals surface area (Å²) in [6, 6.07) is 10.1. The third-order valence-corrected chi connectivity index (χ3v) is 7.23. The Bertz CT molecular complexity index is 1250. The van der Waals surface area contributed by atoms with E-state index in [1.807, 2.05) is 26.0 Å². The van der Waals surface area contributed by atoms with Crippen molar-refractivity contribution in [3.63, 3.8) is 0 Å². The zero-order valence-electron chi connectivity index (χ0n) is 25.3. The lowest BCUT2D eigenvalue weighted by atomic mass is 10.1. The third-order valence-electron chi connectivity index (χ3n) is 7.23. The van der Waals surface area contributed by atoms with Crippen molar-refractivity contribution in [2.45, 2.75) is 38.9 Å². The SMILES string of the molecule is CN(C)C1CCNC1.CN/C=C\C(NCCCOc1ccc(C)cc1C)=C(/C=O)C1Nc2cc(C=O)c(C=O)cc2N1. The molecule has 1 atom stereocenters. The smallest absolute Gasteiger partial charge is 0.152 e. The molecule has 2 aliphatic heterocycles.